The van der Waals surface area contributed by atoms with Gasteiger partial charge in [-0.25, -0.2) is 4.39 Å². The Bertz CT molecular complexity index is 457. The van der Waals surface area contributed by atoms with Crippen LogP contribution in [0.4, 0.5) is 8.78 Å². The van der Waals surface area contributed by atoms with E-state index in [0.29, 0.717) is 12.8 Å². The molecule has 0 spiro atoms. The summed E-state index contributed by atoms with van der Waals surface area (Å²) < 4.78 is 32.3. The molecule has 0 atom stereocenters. The van der Waals surface area contributed by atoms with Crippen molar-refractivity contribution in [1.29, 1.82) is 0 Å². The first-order chi connectivity index (χ1) is 8.49. The molecule has 0 aliphatic heterocycles. The Kier molecular flexibility index (Phi) is 3.43. The van der Waals surface area contributed by atoms with Crippen LogP contribution in [0, 0.1) is 11.6 Å². The molecule has 0 bridgehead atoms. The second-order valence-corrected chi connectivity index (χ2v) is 4.82. The number of phenolic OH excluding ortho intramolecular Hbond substituents is 1. The highest BCUT2D eigenvalue weighted by Crippen LogP contribution is 2.41. The molecule has 5 heteroatoms. The summed E-state index contributed by atoms with van der Waals surface area (Å²) in [7, 11) is 1.27. The molecule has 0 amide bonds. The van der Waals surface area contributed by atoms with Crippen molar-refractivity contribution in [2.75, 3.05) is 7.11 Å². The Labute approximate surface area is 105 Å². The van der Waals surface area contributed by atoms with Gasteiger partial charge in [0, 0.05) is 11.1 Å². The zero-order valence-electron chi connectivity index (χ0n) is 10.3. The van der Waals surface area contributed by atoms with Gasteiger partial charge in [0.2, 0.25) is 5.82 Å². The minimum absolute atomic E-state index is 0.137. The standard InChI is InChI=1S/C13H17F2NO2/c1-18-9-7-8(10(14)12(17)11(9)15)13(16)5-3-2-4-6-13/h7,17H,2-6,16H2,1H3. The minimum Gasteiger partial charge on any atom is -0.503 e. The summed E-state index contributed by atoms with van der Waals surface area (Å²) in [5, 5.41) is 9.46. The summed E-state index contributed by atoms with van der Waals surface area (Å²) >= 11 is 0. The van der Waals surface area contributed by atoms with E-state index in [9.17, 15) is 13.9 Å². The van der Waals surface area contributed by atoms with Gasteiger partial charge in [0.15, 0.2) is 17.3 Å². The van der Waals surface area contributed by atoms with E-state index in [0.717, 1.165) is 19.3 Å². The van der Waals surface area contributed by atoms with Gasteiger partial charge in [-0.05, 0) is 18.9 Å². The number of methoxy groups -OCH3 is 1. The predicted molar refractivity (Wildman–Crippen MR) is 63.5 cm³/mol. The number of hydrogen-bond donors (Lipinski definition) is 2. The van der Waals surface area contributed by atoms with E-state index < -0.39 is 22.9 Å². The molecular weight excluding hydrogens is 240 g/mol. The highest BCUT2D eigenvalue weighted by molar-refractivity contribution is 5.44. The third kappa shape index (κ3) is 2.03. The van der Waals surface area contributed by atoms with Crippen LogP contribution >= 0.6 is 0 Å². The number of aromatic hydroxyl groups is 1. The van der Waals surface area contributed by atoms with Crippen LogP contribution in [0.1, 0.15) is 37.7 Å². The van der Waals surface area contributed by atoms with E-state index in [4.69, 9.17) is 10.5 Å². The van der Waals surface area contributed by atoms with Crippen molar-refractivity contribution in [1.82, 2.24) is 0 Å². The molecule has 0 aromatic heterocycles. The third-order valence-electron chi connectivity index (χ3n) is 3.65. The third-order valence-corrected chi connectivity index (χ3v) is 3.65. The summed E-state index contributed by atoms with van der Waals surface area (Å²) in [5.74, 6) is -3.25. The quantitative estimate of drug-likeness (QED) is 0.856. The first kappa shape index (κ1) is 13.1. The maximum atomic E-state index is 14.0. The first-order valence-electron chi connectivity index (χ1n) is 6.04. The summed E-state index contributed by atoms with van der Waals surface area (Å²) in [6.07, 6.45) is 4.11. The minimum atomic E-state index is -1.09. The van der Waals surface area contributed by atoms with E-state index in [1.807, 2.05) is 0 Å². The van der Waals surface area contributed by atoms with Crippen LogP contribution < -0.4 is 10.5 Å². The molecule has 2 rings (SSSR count). The molecule has 3 nitrogen and oxygen atoms in total. The lowest BCUT2D eigenvalue weighted by molar-refractivity contribution is 0.281. The Morgan fingerprint density at radius 2 is 1.83 bits per heavy atom. The van der Waals surface area contributed by atoms with Crippen LogP contribution in [0.5, 0.6) is 11.5 Å². The second-order valence-electron chi connectivity index (χ2n) is 4.82. The summed E-state index contributed by atoms with van der Waals surface area (Å²) in [6.45, 7) is 0. The number of nitrogens with two attached hydrogens (primary N) is 1. The fourth-order valence-corrected chi connectivity index (χ4v) is 2.56. The van der Waals surface area contributed by atoms with Crippen molar-refractivity contribution in [2.45, 2.75) is 37.6 Å². The molecule has 1 aliphatic rings. The average molecular weight is 257 g/mol. The van der Waals surface area contributed by atoms with Gasteiger partial charge in [-0.15, -0.1) is 0 Å². The van der Waals surface area contributed by atoms with E-state index in [-0.39, 0.29) is 11.3 Å². The van der Waals surface area contributed by atoms with Crippen molar-refractivity contribution in [3.8, 4) is 11.5 Å². The van der Waals surface area contributed by atoms with Gasteiger partial charge in [-0.3, -0.25) is 0 Å². The predicted octanol–water partition coefficient (Wildman–Crippen LogP) is 2.80. The van der Waals surface area contributed by atoms with Gasteiger partial charge >= 0.3 is 0 Å². The van der Waals surface area contributed by atoms with Crippen LogP contribution in [0.25, 0.3) is 0 Å². The maximum absolute atomic E-state index is 14.0. The number of rotatable bonds is 2. The van der Waals surface area contributed by atoms with E-state index in [1.165, 1.54) is 13.2 Å². The second kappa shape index (κ2) is 4.72. The first-order valence-corrected chi connectivity index (χ1v) is 6.04. The molecule has 100 valence electrons. The van der Waals surface area contributed by atoms with Crippen LogP contribution in [0.3, 0.4) is 0 Å². The molecule has 3 N–H and O–H groups in total. The SMILES string of the molecule is COc1cc(C2(N)CCCCC2)c(F)c(O)c1F. The average Bonchev–Trinajstić information content (AvgIpc) is 2.37. The van der Waals surface area contributed by atoms with Crippen molar-refractivity contribution in [3.05, 3.63) is 23.3 Å². The fraction of sp³-hybridized carbons (Fsp3) is 0.538. The number of ether oxygens (including phenoxy) is 1. The Balaban J connectivity index is 2.53. The smallest absolute Gasteiger partial charge is 0.209 e. The van der Waals surface area contributed by atoms with E-state index >= 15 is 0 Å². The summed E-state index contributed by atoms with van der Waals surface area (Å²) in [5.41, 5.74) is 5.49. The highest BCUT2D eigenvalue weighted by Gasteiger charge is 2.35. The fourth-order valence-electron chi connectivity index (χ4n) is 2.56. The lowest BCUT2D eigenvalue weighted by atomic mass is 9.77. The molecule has 1 fully saturated rings. The van der Waals surface area contributed by atoms with Crippen LogP contribution in [-0.4, -0.2) is 12.2 Å². The van der Waals surface area contributed by atoms with E-state index in [1.54, 1.807) is 0 Å². The number of phenols is 1. The number of benzene rings is 1. The van der Waals surface area contributed by atoms with Gasteiger partial charge in [-0.1, -0.05) is 19.3 Å². The lowest BCUT2D eigenvalue weighted by Gasteiger charge is -2.34. The summed E-state index contributed by atoms with van der Waals surface area (Å²) in [4.78, 5) is 0. The number of hydrogen-bond acceptors (Lipinski definition) is 3. The van der Waals surface area contributed by atoms with Gasteiger partial charge in [0.05, 0.1) is 7.11 Å². The Hall–Kier alpha value is -1.36. The van der Waals surface area contributed by atoms with E-state index in [2.05, 4.69) is 0 Å². The lowest BCUT2D eigenvalue weighted by Crippen LogP contribution is -2.39. The van der Waals surface area contributed by atoms with Crippen molar-refractivity contribution < 1.29 is 18.6 Å². The Morgan fingerprint density at radius 3 is 2.39 bits per heavy atom. The molecule has 1 aromatic rings. The molecule has 0 saturated heterocycles. The highest BCUT2D eigenvalue weighted by atomic mass is 19.1. The molecule has 18 heavy (non-hydrogen) atoms. The molecule has 0 radical (unpaired) electrons. The monoisotopic (exact) mass is 257 g/mol. The zero-order chi connectivity index (χ0) is 13.3. The van der Waals surface area contributed by atoms with Crippen molar-refractivity contribution >= 4 is 0 Å². The number of halogens is 2. The van der Waals surface area contributed by atoms with Gasteiger partial charge in [0.25, 0.3) is 0 Å². The normalized spacial score (nSPS) is 18.7. The van der Waals surface area contributed by atoms with Gasteiger partial charge in [-0.2, -0.15) is 4.39 Å². The topological polar surface area (TPSA) is 55.5 Å². The zero-order valence-corrected chi connectivity index (χ0v) is 10.3. The molecule has 0 unspecified atom stereocenters. The molecule has 1 aliphatic carbocycles. The Morgan fingerprint density at radius 1 is 1.22 bits per heavy atom. The van der Waals surface area contributed by atoms with Crippen molar-refractivity contribution in [3.63, 3.8) is 0 Å². The largest absolute Gasteiger partial charge is 0.503 e. The molecule has 1 saturated carbocycles. The molecule has 0 heterocycles. The van der Waals surface area contributed by atoms with Crippen LogP contribution in [0.2, 0.25) is 0 Å². The summed E-state index contributed by atoms with van der Waals surface area (Å²) in [6, 6.07) is 1.26. The molecular formula is C13H17F2NO2. The van der Waals surface area contributed by atoms with Crippen LogP contribution in [-0.2, 0) is 5.54 Å². The van der Waals surface area contributed by atoms with Crippen LogP contribution in [0.15, 0.2) is 6.07 Å². The van der Waals surface area contributed by atoms with Gasteiger partial charge in [0.1, 0.15) is 0 Å². The maximum Gasteiger partial charge on any atom is 0.209 e. The van der Waals surface area contributed by atoms with Crippen molar-refractivity contribution in [2.24, 2.45) is 5.73 Å². The van der Waals surface area contributed by atoms with Gasteiger partial charge < -0.3 is 15.6 Å². The molecule has 1 aromatic carbocycles.